The Morgan fingerprint density at radius 1 is 1.16 bits per heavy atom. The molecular weight excluding hydrogens is 499 g/mol. The van der Waals surface area contributed by atoms with Gasteiger partial charge in [0.05, 0.1) is 11.0 Å². The number of alkyl halides is 3. The van der Waals surface area contributed by atoms with Crippen LogP contribution in [-0.2, 0) is 12.6 Å². The van der Waals surface area contributed by atoms with Crippen LogP contribution in [0.1, 0.15) is 75.7 Å². The standard InChI is InChI=1S/C27H30F3N5OS/c1-18-16-24(27(28,29)30)32-35(18)15-14-34-12-10-20(11-13-34)25-31-22(17-37-25)26(36)33(2)23-9-5-7-19-6-3-4-8-21(19)23/h3-4,6,8,14-17,20,23H,5,7,9-13H2,1-2H3/t23-/m1/s1. The van der Waals surface area contributed by atoms with Crippen LogP contribution in [0.5, 0.6) is 0 Å². The topological polar surface area (TPSA) is 54.3 Å². The van der Waals surface area contributed by atoms with E-state index in [2.05, 4.69) is 28.2 Å². The van der Waals surface area contributed by atoms with E-state index in [0.29, 0.717) is 11.4 Å². The number of aromatic nitrogens is 3. The summed E-state index contributed by atoms with van der Waals surface area (Å²) in [5.41, 5.74) is 2.60. The first-order valence-corrected chi connectivity index (χ1v) is 13.4. The minimum Gasteiger partial charge on any atom is -0.376 e. The van der Waals surface area contributed by atoms with Gasteiger partial charge >= 0.3 is 6.18 Å². The van der Waals surface area contributed by atoms with Gasteiger partial charge in [0.15, 0.2) is 5.69 Å². The number of carbonyl (C=O) groups is 1. The molecule has 5 rings (SSSR count). The van der Waals surface area contributed by atoms with Gasteiger partial charge in [-0.15, -0.1) is 11.3 Å². The summed E-state index contributed by atoms with van der Waals surface area (Å²) in [7, 11) is 1.87. The molecule has 3 aromatic rings. The molecule has 3 heterocycles. The van der Waals surface area contributed by atoms with Crippen LogP contribution in [-0.4, -0.2) is 50.6 Å². The monoisotopic (exact) mass is 529 g/mol. The van der Waals surface area contributed by atoms with Crippen molar-refractivity contribution in [3.8, 4) is 0 Å². The molecule has 0 spiro atoms. The molecule has 10 heteroatoms. The maximum Gasteiger partial charge on any atom is 0.435 e. The van der Waals surface area contributed by atoms with Gasteiger partial charge in [-0.3, -0.25) is 4.79 Å². The van der Waals surface area contributed by atoms with E-state index in [4.69, 9.17) is 4.98 Å². The summed E-state index contributed by atoms with van der Waals surface area (Å²) in [6.45, 7) is 3.12. The fourth-order valence-corrected chi connectivity index (χ4v) is 6.22. The van der Waals surface area contributed by atoms with Crippen molar-refractivity contribution in [1.82, 2.24) is 24.6 Å². The highest BCUT2D eigenvalue weighted by Gasteiger charge is 2.34. The lowest BCUT2D eigenvalue weighted by Crippen LogP contribution is -2.33. The van der Waals surface area contributed by atoms with Crippen molar-refractivity contribution in [2.24, 2.45) is 0 Å². The minimum absolute atomic E-state index is 0.0441. The van der Waals surface area contributed by atoms with Crippen molar-refractivity contribution in [2.45, 2.75) is 57.2 Å². The second-order valence-corrected chi connectivity index (χ2v) is 10.7. The number of nitrogens with zero attached hydrogens (tertiary/aromatic N) is 5. The molecule has 196 valence electrons. The van der Waals surface area contributed by atoms with E-state index in [1.807, 2.05) is 23.4 Å². The van der Waals surface area contributed by atoms with Crippen LogP contribution in [0.4, 0.5) is 13.2 Å². The third kappa shape index (κ3) is 5.44. The summed E-state index contributed by atoms with van der Waals surface area (Å²) in [6.07, 6.45) is 3.72. The van der Waals surface area contributed by atoms with Gasteiger partial charge in [-0.1, -0.05) is 24.3 Å². The van der Waals surface area contributed by atoms with E-state index >= 15 is 0 Å². The first kappa shape index (κ1) is 25.5. The van der Waals surface area contributed by atoms with Crippen molar-refractivity contribution in [3.05, 3.63) is 75.1 Å². The van der Waals surface area contributed by atoms with E-state index in [0.717, 1.165) is 56.3 Å². The number of halogens is 3. The molecule has 0 radical (unpaired) electrons. The summed E-state index contributed by atoms with van der Waals surface area (Å²) >= 11 is 1.54. The normalized spacial score (nSPS) is 18.8. The minimum atomic E-state index is -4.45. The number of amides is 1. The second-order valence-electron chi connectivity index (χ2n) is 9.82. The number of thiazole rings is 1. The molecule has 2 aromatic heterocycles. The van der Waals surface area contributed by atoms with Crippen LogP contribution in [0, 0.1) is 6.92 Å². The molecule has 1 aliphatic carbocycles. The van der Waals surface area contributed by atoms with Crippen molar-refractivity contribution in [3.63, 3.8) is 0 Å². The van der Waals surface area contributed by atoms with Crippen LogP contribution in [0.15, 0.2) is 41.9 Å². The zero-order valence-corrected chi connectivity index (χ0v) is 21.7. The zero-order valence-electron chi connectivity index (χ0n) is 20.9. The van der Waals surface area contributed by atoms with Crippen molar-refractivity contribution in [1.29, 1.82) is 0 Å². The molecule has 1 atom stereocenters. The van der Waals surface area contributed by atoms with E-state index in [1.54, 1.807) is 19.3 Å². The Kier molecular flexibility index (Phi) is 7.11. The average molecular weight is 530 g/mol. The number of piperidine rings is 1. The molecule has 1 saturated heterocycles. The van der Waals surface area contributed by atoms with E-state index < -0.39 is 11.9 Å². The van der Waals surface area contributed by atoms with Crippen LogP contribution < -0.4 is 0 Å². The summed E-state index contributed by atoms with van der Waals surface area (Å²) in [5.74, 6) is 0.220. The number of hydrogen-bond acceptors (Lipinski definition) is 5. The SMILES string of the molecule is Cc1cc(C(F)(F)F)nn1C=CN1CCC(c2nc(C(=O)N(C)[C@@H]3CCCc4ccccc43)cs2)CC1. The number of benzene rings is 1. The highest BCUT2D eigenvalue weighted by molar-refractivity contribution is 7.09. The van der Waals surface area contributed by atoms with Gasteiger partial charge < -0.3 is 9.80 Å². The summed E-state index contributed by atoms with van der Waals surface area (Å²) in [4.78, 5) is 21.9. The quantitative estimate of drug-likeness (QED) is 0.399. The molecule has 0 N–H and O–H groups in total. The number of hydrogen-bond donors (Lipinski definition) is 0. The lowest BCUT2D eigenvalue weighted by Gasteiger charge is -2.33. The van der Waals surface area contributed by atoms with Crippen molar-refractivity contribution < 1.29 is 18.0 Å². The molecule has 1 aromatic carbocycles. The van der Waals surface area contributed by atoms with Crippen LogP contribution >= 0.6 is 11.3 Å². The van der Waals surface area contributed by atoms with Gasteiger partial charge in [-0.25, -0.2) is 9.67 Å². The third-order valence-electron chi connectivity index (χ3n) is 7.38. The summed E-state index contributed by atoms with van der Waals surface area (Å²) in [6, 6.07) is 9.48. The number of likely N-dealkylation sites (tertiary alicyclic amines) is 1. The number of rotatable bonds is 5. The molecule has 1 fully saturated rings. The predicted molar refractivity (Wildman–Crippen MR) is 137 cm³/mol. The van der Waals surface area contributed by atoms with Gasteiger partial charge in [-0.2, -0.15) is 18.3 Å². The maximum absolute atomic E-state index is 13.3. The van der Waals surface area contributed by atoms with Crippen molar-refractivity contribution in [2.75, 3.05) is 20.1 Å². The van der Waals surface area contributed by atoms with Gasteiger partial charge in [0.2, 0.25) is 0 Å². The largest absolute Gasteiger partial charge is 0.435 e. The van der Waals surface area contributed by atoms with E-state index in [-0.39, 0.29) is 17.9 Å². The fourth-order valence-electron chi connectivity index (χ4n) is 5.26. The number of fused-ring (bicyclic) bond motifs is 1. The van der Waals surface area contributed by atoms with Crippen LogP contribution in [0.25, 0.3) is 6.20 Å². The van der Waals surface area contributed by atoms with Gasteiger partial charge in [0.1, 0.15) is 5.69 Å². The molecule has 37 heavy (non-hydrogen) atoms. The molecule has 1 aliphatic heterocycles. The maximum atomic E-state index is 13.3. The molecule has 1 amide bonds. The Bertz CT molecular complexity index is 1290. The summed E-state index contributed by atoms with van der Waals surface area (Å²) < 4.78 is 39.9. The molecular formula is C27H30F3N5OS. The van der Waals surface area contributed by atoms with Gasteiger partial charge in [0, 0.05) is 49.5 Å². The fraction of sp³-hybridized carbons (Fsp3) is 0.444. The van der Waals surface area contributed by atoms with Gasteiger partial charge in [0.25, 0.3) is 5.91 Å². The Labute approximate surface area is 218 Å². The Morgan fingerprint density at radius 3 is 2.65 bits per heavy atom. The Balaban J connectivity index is 1.19. The molecule has 0 saturated carbocycles. The second kappa shape index (κ2) is 10.3. The van der Waals surface area contributed by atoms with Crippen LogP contribution in [0.2, 0.25) is 0 Å². The molecule has 6 nitrogen and oxygen atoms in total. The Hall–Kier alpha value is -3.14. The number of aryl methyl sites for hydroxylation is 2. The lowest BCUT2D eigenvalue weighted by molar-refractivity contribution is -0.141. The zero-order chi connectivity index (χ0) is 26.2. The first-order chi connectivity index (χ1) is 17.7. The van der Waals surface area contributed by atoms with E-state index in [1.165, 1.54) is 27.1 Å². The average Bonchev–Trinajstić information content (AvgIpc) is 3.54. The third-order valence-corrected chi connectivity index (χ3v) is 8.38. The number of carbonyl (C=O) groups excluding carboxylic acids is 1. The summed E-state index contributed by atoms with van der Waals surface area (Å²) in [5, 5.41) is 6.48. The van der Waals surface area contributed by atoms with Gasteiger partial charge in [-0.05, 0) is 56.2 Å². The van der Waals surface area contributed by atoms with E-state index in [9.17, 15) is 18.0 Å². The van der Waals surface area contributed by atoms with Crippen LogP contribution in [0.3, 0.4) is 0 Å². The molecule has 2 aliphatic rings. The lowest BCUT2D eigenvalue weighted by atomic mass is 9.87. The molecule has 0 unspecified atom stereocenters. The van der Waals surface area contributed by atoms with Crippen molar-refractivity contribution >= 4 is 23.4 Å². The predicted octanol–water partition coefficient (Wildman–Crippen LogP) is 6.12. The molecule has 0 bridgehead atoms. The highest BCUT2D eigenvalue weighted by Crippen LogP contribution is 2.35. The highest BCUT2D eigenvalue weighted by atomic mass is 32.1. The smallest absolute Gasteiger partial charge is 0.376 e. The first-order valence-electron chi connectivity index (χ1n) is 12.6. The Morgan fingerprint density at radius 2 is 1.92 bits per heavy atom.